The number of hydrogen-bond acceptors (Lipinski definition) is 16. The first-order valence-electron chi connectivity index (χ1n) is 17.5. The van der Waals surface area contributed by atoms with Crippen molar-refractivity contribution in [3.05, 3.63) is 154 Å². The molecule has 6 heterocycles. The smallest absolute Gasteiger partial charge is 0.256 e. The standard InChI is InChI=1S/C20H17FN6O2S.C19H15FN6O2S/c1-12-8-18(27-29-12)25-19(28)13-5-6-15(21)16(9-13)23-10-14-11-24-20(30-14)26-17-4-2-3-7-22-17;20-14-5-4-12(18(27)24-17-6-8-28-26-17)9-15(14)22-10-13-11-23-19(29-13)25-16-3-1-2-7-21-16/h2-9,11,23H,10H2,1H3,(H,22,24,26)(H,25,27,28);1-9,11,22H,10H2,(H,21,23,25)(H,24,26,27). The Hall–Kier alpha value is -7.58. The molecule has 0 unspecified atom stereocenters. The number of amides is 2. The molecule has 8 aromatic rings. The first-order chi connectivity index (χ1) is 28.7. The van der Waals surface area contributed by atoms with Crippen LogP contribution < -0.4 is 31.9 Å². The van der Waals surface area contributed by atoms with E-state index in [0.29, 0.717) is 57.7 Å². The first kappa shape index (κ1) is 39.6. The highest BCUT2D eigenvalue weighted by Crippen LogP contribution is 2.26. The Morgan fingerprint density at radius 3 is 1.63 bits per heavy atom. The zero-order valence-electron chi connectivity index (χ0n) is 30.8. The van der Waals surface area contributed by atoms with E-state index >= 15 is 0 Å². The summed E-state index contributed by atoms with van der Waals surface area (Å²) in [7, 11) is 0. The number of pyridine rings is 2. The number of anilines is 8. The van der Waals surface area contributed by atoms with E-state index < -0.39 is 23.4 Å². The summed E-state index contributed by atoms with van der Waals surface area (Å²) < 4.78 is 37.9. The average molecular weight is 835 g/mol. The third-order valence-corrected chi connectivity index (χ3v) is 9.64. The molecule has 0 aliphatic carbocycles. The Morgan fingerprint density at radius 2 is 1.17 bits per heavy atom. The highest BCUT2D eigenvalue weighted by atomic mass is 32.1. The molecule has 0 saturated carbocycles. The van der Waals surface area contributed by atoms with E-state index in [-0.39, 0.29) is 17.2 Å². The second kappa shape index (κ2) is 19.0. The van der Waals surface area contributed by atoms with Crippen LogP contribution in [0.2, 0.25) is 0 Å². The van der Waals surface area contributed by atoms with Gasteiger partial charge in [0.25, 0.3) is 11.8 Å². The quantitative estimate of drug-likeness (QED) is 0.0605. The monoisotopic (exact) mass is 834 g/mol. The number of rotatable bonds is 14. The van der Waals surface area contributed by atoms with E-state index in [0.717, 1.165) is 9.75 Å². The molecule has 8 rings (SSSR count). The maximum Gasteiger partial charge on any atom is 0.256 e. The van der Waals surface area contributed by atoms with Crippen molar-refractivity contribution < 1.29 is 27.4 Å². The molecular weight excluding hydrogens is 803 g/mol. The van der Waals surface area contributed by atoms with Crippen LogP contribution >= 0.6 is 22.7 Å². The fourth-order valence-electron chi connectivity index (χ4n) is 5.03. The number of thiazole rings is 2. The highest BCUT2D eigenvalue weighted by molar-refractivity contribution is 7.15. The lowest BCUT2D eigenvalue weighted by Gasteiger charge is -2.08. The largest absolute Gasteiger partial charge is 0.378 e. The number of nitrogens with one attached hydrogen (secondary N) is 6. The van der Waals surface area contributed by atoms with Crippen LogP contribution in [0, 0.1) is 18.6 Å². The second-order valence-corrected chi connectivity index (χ2v) is 14.4. The Bertz CT molecular complexity index is 2620. The van der Waals surface area contributed by atoms with Gasteiger partial charge in [-0.1, -0.05) is 45.1 Å². The third-order valence-electron chi connectivity index (χ3n) is 7.82. The van der Waals surface area contributed by atoms with Crippen molar-refractivity contribution in [1.29, 1.82) is 0 Å². The molecule has 0 atom stereocenters. The number of aryl methyl sites for hydroxylation is 1. The fraction of sp³-hybridized carbons (Fsp3) is 0.0769. The van der Waals surface area contributed by atoms with Gasteiger partial charge in [0.15, 0.2) is 21.9 Å². The first-order valence-corrected chi connectivity index (χ1v) is 19.2. The van der Waals surface area contributed by atoms with E-state index in [1.54, 1.807) is 37.8 Å². The van der Waals surface area contributed by atoms with Crippen molar-refractivity contribution in [2.24, 2.45) is 0 Å². The summed E-state index contributed by atoms with van der Waals surface area (Å²) >= 11 is 2.84. The van der Waals surface area contributed by atoms with Gasteiger partial charge in [-0.3, -0.25) is 9.59 Å². The minimum atomic E-state index is -0.459. The molecule has 0 radical (unpaired) electrons. The number of nitrogens with zero attached hydrogens (tertiary/aromatic N) is 6. The molecule has 6 aromatic heterocycles. The molecule has 59 heavy (non-hydrogen) atoms. The van der Waals surface area contributed by atoms with E-state index in [4.69, 9.17) is 4.52 Å². The maximum atomic E-state index is 14.2. The van der Waals surface area contributed by atoms with Crippen LogP contribution in [0.3, 0.4) is 0 Å². The Labute approximate surface area is 342 Å². The fourth-order valence-corrected chi connectivity index (χ4v) is 6.55. The van der Waals surface area contributed by atoms with Crippen LogP contribution in [0.4, 0.5) is 53.7 Å². The van der Waals surface area contributed by atoms with Crippen LogP contribution in [0.25, 0.3) is 0 Å². The molecule has 0 spiro atoms. The summed E-state index contributed by atoms with van der Waals surface area (Å²) in [5.74, 6) is 0.803. The van der Waals surface area contributed by atoms with Crippen molar-refractivity contribution in [1.82, 2.24) is 30.2 Å². The molecule has 20 heteroatoms. The SMILES string of the molecule is Cc1cc(NC(=O)c2ccc(F)c(NCc3cnc(Nc4ccccn4)s3)c2)no1.O=C(Nc1ccon1)c1ccc(F)c(NCc2cnc(Nc3ccccn3)s2)c1. The summed E-state index contributed by atoms with van der Waals surface area (Å²) in [6.07, 6.45) is 8.12. The third kappa shape index (κ3) is 11.3. The molecule has 2 amide bonds. The topological polar surface area (TPSA) is 210 Å². The normalized spacial score (nSPS) is 10.6. The molecule has 0 fully saturated rings. The Morgan fingerprint density at radius 1 is 0.627 bits per heavy atom. The predicted octanol–water partition coefficient (Wildman–Crippen LogP) is 8.85. The van der Waals surface area contributed by atoms with Crippen LogP contribution in [0.5, 0.6) is 0 Å². The molecule has 298 valence electrons. The lowest BCUT2D eigenvalue weighted by molar-refractivity contribution is 0.101. The van der Waals surface area contributed by atoms with Gasteiger partial charge in [-0.05, 0) is 67.6 Å². The number of aromatic nitrogens is 6. The number of benzene rings is 2. The number of hydrogen-bond donors (Lipinski definition) is 6. The summed E-state index contributed by atoms with van der Waals surface area (Å²) in [6.45, 7) is 2.43. The van der Waals surface area contributed by atoms with Gasteiger partial charge in [-0.15, -0.1) is 0 Å². The lowest BCUT2D eigenvalue weighted by Crippen LogP contribution is -2.13. The zero-order valence-corrected chi connectivity index (χ0v) is 32.4. The van der Waals surface area contributed by atoms with Gasteiger partial charge < -0.3 is 40.9 Å². The number of carbonyl (C=O) groups excluding carboxylic acids is 2. The van der Waals surface area contributed by atoms with E-state index in [1.807, 2.05) is 36.4 Å². The van der Waals surface area contributed by atoms with E-state index in [2.05, 4.69) is 66.7 Å². The van der Waals surface area contributed by atoms with Crippen molar-refractivity contribution in [2.45, 2.75) is 20.0 Å². The van der Waals surface area contributed by atoms with Crippen molar-refractivity contribution >= 4 is 79.4 Å². The van der Waals surface area contributed by atoms with Crippen molar-refractivity contribution in [3.63, 3.8) is 0 Å². The van der Waals surface area contributed by atoms with Gasteiger partial charge in [-0.2, -0.15) is 0 Å². The van der Waals surface area contributed by atoms with Gasteiger partial charge in [0, 0.05) is 57.8 Å². The molecular formula is C39H32F2N12O4S2. The van der Waals surface area contributed by atoms with Crippen molar-refractivity contribution in [2.75, 3.05) is 31.9 Å². The molecule has 0 bridgehead atoms. The second-order valence-electron chi connectivity index (χ2n) is 12.2. The molecule has 6 N–H and O–H groups in total. The van der Waals surface area contributed by atoms with E-state index in [1.165, 1.54) is 71.4 Å². The lowest BCUT2D eigenvalue weighted by atomic mass is 10.1. The van der Waals surface area contributed by atoms with Gasteiger partial charge in [0.1, 0.15) is 35.3 Å². The van der Waals surface area contributed by atoms with Gasteiger partial charge in [0.2, 0.25) is 0 Å². The Kier molecular flexibility index (Phi) is 12.8. The molecule has 0 aliphatic heterocycles. The van der Waals surface area contributed by atoms with Crippen LogP contribution in [-0.4, -0.2) is 42.1 Å². The molecule has 16 nitrogen and oxygen atoms in total. The minimum Gasteiger partial charge on any atom is -0.378 e. The number of carbonyl (C=O) groups is 2. The van der Waals surface area contributed by atoms with Gasteiger partial charge >= 0.3 is 0 Å². The summed E-state index contributed by atoms with van der Waals surface area (Å²) in [5, 5.41) is 26.1. The van der Waals surface area contributed by atoms with Crippen LogP contribution in [-0.2, 0) is 13.1 Å². The summed E-state index contributed by atoms with van der Waals surface area (Å²) in [6, 6.07) is 22.4. The minimum absolute atomic E-state index is 0.213. The van der Waals surface area contributed by atoms with Crippen LogP contribution in [0.15, 0.2) is 125 Å². The maximum absolute atomic E-state index is 14.2. The molecule has 0 aliphatic rings. The molecule has 0 saturated heterocycles. The molecule has 2 aromatic carbocycles. The van der Waals surface area contributed by atoms with E-state index in [9.17, 15) is 18.4 Å². The Balaban J connectivity index is 0.000000179. The van der Waals surface area contributed by atoms with Crippen LogP contribution in [0.1, 0.15) is 36.2 Å². The summed E-state index contributed by atoms with van der Waals surface area (Å²) in [5.41, 5.74) is 1.01. The van der Waals surface area contributed by atoms with Gasteiger partial charge in [0.05, 0.1) is 24.5 Å². The number of halogens is 2. The predicted molar refractivity (Wildman–Crippen MR) is 220 cm³/mol. The highest BCUT2D eigenvalue weighted by Gasteiger charge is 2.14. The average Bonchev–Trinajstić information content (AvgIpc) is 4.09. The van der Waals surface area contributed by atoms with Gasteiger partial charge in [-0.25, -0.2) is 28.7 Å². The zero-order chi connectivity index (χ0) is 41.0. The van der Waals surface area contributed by atoms with Crippen molar-refractivity contribution in [3.8, 4) is 0 Å². The summed E-state index contributed by atoms with van der Waals surface area (Å²) in [4.78, 5) is 43.4.